The van der Waals surface area contributed by atoms with Crippen LogP contribution in [0.4, 0.5) is 0 Å². The van der Waals surface area contributed by atoms with Crippen LogP contribution in [-0.4, -0.2) is 24.7 Å². The van der Waals surface area contributed by atoms with Crippen LogP contribution in [0.1, 0.15) is 11.4 Å². The summed E-state index contributed by atoms with van der Waals surface area (Å²) in [5, 5.41) is 9.93. The van der Waals surface area contributed by atoms with Gasteiger partial charge in [0.15, 0.2) is 10.8 Å². The van der Waals surface area contributed by atoms with Gasteiger partial charge in [0.1, 0.15) is 0 Å². The van der Waals surface area contributed by atoms with E-state index in [1.165, 1.54) is 11.3 Å². The topological polar surface area (TPSA) is 56.5 Å². The van der Waals surface area contributed by atoms with Gasteiger partial charge in [0.05, 0.1) is 0 Å². The highest BCUT2D eigenvalue weighted by Gasteiger charge is 2.12. The molecule has 3 aromatic heterocycles. The highest BCUT2D eigenvalue weighted by molar-refractivity contribution is 7.16. The van der Waals surface area contributed by atoms with E-state index >= 15 is 0 Å². The summed E-state index contributed by atoms with van der Waals surface area (Å²) in [7, 11) is 0. The molecule has 0 radical (unpaired) electrons. The summed E-state index contributed by atoms with van der Waals surface area (Å²) in [4.78, 5) is 8.35. The molecule has 0 saturated heterocycles. The summed E-state index contributed by atoms with van der Waals surface area (Å²) >= 11 is 1.49. The first-order chi connectivity index (χ1) is 8.75. The Kier molecular flexibility index (Phi) is 2.64. The zero-order valence-corrected chi connectivity index (χ0v) is 10.8. The van der Waals surface area contributed by atoms with Gasteiger partial charge in [0, 0.05) is 23.8 Å². The Balaban J connectivity index is 2.05. The van der Waals surface area contributed by atoms with Gasteiger partial charge in [-0.05, 0) is 32.0 Å². The van der Waals surface area contributed by atoms with Gasteiger partial charge in [0.25, 0.3) is 0 Å². The summed E-state index contributed by atoms with van der Waals surface area (Å²) in [5.41, 5.74) is 2.29. The van der Waals surface area contributed by atoms with E-state index in [-0.39, 0.29) is 0 Å². The van der Waals surface area contributed by atoms with Crippen molar-refractivity contribution in [3.63, 3.8) is 0 Å². The quantitative estimate of drug-likeness (QED) is 0.707. The number of aromatic nitrogens is 5. The van der Waals surface area contributed by atoms with Crippen LogP contribution in [0.25, 0.3) is 16.0 Å². The van der Waals surface area contributed by atoms with Crippen LogP contribution in [0.3, 0.4) is 0 Å². The lowest BCUT2D eigenvalue weighted by atomic mass is 10.5. The SMILES string of the molecule is Cc1ccc(C)n1-c1nnc(-c2ncccn2)s1. The maximum Gasteiger partial charge on any atom is 0.217 e. The number of hydrogen-bond donors (Lipinski definition) is 0. The molecule has 0 N–H and O–H groups in total. The molecule has 0 aliphatic heterocycles. The van der Waals surface area contributed by atoms with Crippen molar-refractivity contribution in [2.24, 2.45) is 0 Å². The lowest BCUT2D eigenvalue weighted by Gasteiger charge is -2.02. The molecule has 0 unspecified atom stereocenters. The molecule has 3 rings (SSSR count). The summed E-state index contributed by atoms with van der Waals surface area (Å²) in [5.74, 6) is 0.615. The molecule has 3 aromatic rings. The molecule has 0 aliphatic carbocycles. The van der Waals surface area contributed by atoms with Gasteiger partial charge in [-0.1, -0.05) is 11.3 Å². The van der Waals surface area contributed by atoms with Crippen molar-refractivity contribution in [2.45, 2.75) is 13.8 Å². The summed E-state index contributed by atoms with van der Waals surface area (Å²) < 4.78 is 2.07. The Morgan fingerprint density at radius 1 is 1.00 bits per heavy atom. The Morgan fingerprint density at radius 3 is 2.33 bits per heavy atom. The summed E-state index contributed by atoms with van der Waals surface area (Å²) in [6, 6.07) is 5.91. The maximum absolute atomic E-state index is 4.21. The van der Waals surface area contributed by atoms with Crippen LogP contribution in [0.5, 0.6) is 0 Å². The second-order valence-corrected chi connectivity index (χ2v) is 4.87. The first-order valence-electron chi connectivity index (χ1n) is 5.52. The predicted octanol–water partition coefficient (Wildman–Crippen LogP) is 2.40. The Morgan fingerprint density at radius 2 is 1.67 bits per heavy atom. The molecule has 0 spiro atoms. The van der Waals surface area contributed by atoms with Crippen molar-refractivity contribution in [1.82, 2.24) is 24.7 Å². The largest absolute Gasteiger partial charge is 0.293 e. The van der Waals surface area contributed by atoms with Crippen molar-refractivity contribution in [2.75, 3.05) is 0 Å². The molecule has 5 nitrogen and oxygen atoms in total. The van der Waals surface area contributed by atoms with E-state index in [0.717, 1.165) is 21.5 Å². The zero-order valence-electron chi connectivity index (χ0n) is 10.0. The minimum Gasteiger partial charge on any atom is -0.293 e. The molecule has 0 aromatic carbocycles. The molecule has 0 fully saturated rings. The van der Waals surface area contributed by atoms with Crippen LogP contribution in [0, 0.1) is 13.8 Å². The lowest BCUT2D eigenvalue weighted by molar-refractivity contribution is 0.911. The second kappa shape index (κ2) is 4.30. The van der Waals surface area contributed by atoms with Crippen LogP contribution in [0.2, 0.25) is 0 Å². The fourth-order valence-electron chi connectivity index (χ4n) is 1.78. The van der Waals surface area contributed by atoms with Gasteiger partial charge < -0.3 is 0 Å². The third-order valence-corrected chi connectivity index (χ3v) is 3.54. The first kappa shape index (κ1) is 11.0. The van der Waals surface area contributed by atoms with Crippen LogP contribution < -0.4 is 0 Å². The molecule has 0 atom stereocenters. The molecular weight excluding hydrogens is 246 g/mol. The molecular formula is C12H11N5S. The predicted molar refractivity (Wildman–Crippen MR) is 69.7 cm³/mol. The average molecular weight is 257 g/mol. The van der Waals surface area contributed by atoms with E-state index in [0.29, 0.717) is 5.82 Å². The van der Waals surface area contributed by atoms with E-state index in [1.807, 2.05) is 13.8 Å². The molecule has 0 bridgehead atoms. The van der Waals surface area contributed by atoms with E-state index in [9.17, 15) is 0 Å². The van der Waals surface area contributed by atoms with E-state index in [1.54, 1.807) is 18.5 Å². The fourth-order valence-corrected chi connectivity index (χ4v) is 2.69. The number of aryl methyl sites for hydroxylation is 2. The maximum atomic E-state index is 4.21. The van der Waals surface area contributed by atoms with E-state index < -0.39 is 0 Å². The van der Waals surface area contributed by atoms with Crippen LogP contribution in [-0.2, 0) is 0 Å². The van der Waals surface area contributed by atoms with Crippen molar-refractivity contribution < 1.29 is 0 Å². The van der Waals surface area contributed by atoms with Crippen LogP contribution >= 0.6 is 11.3 Å². The van der Waals surface area contributed by atoms with Gasteiger partial charge in [-0.3, -0.25) is 4.57 Å². The molecule has 18 heavy (non-hydrogen) atoms. The van der Waals surface area contributed by atoms with Gasteiger partial charge in [-0.25, -0.2) is 9.97 Å². The highest BCUT2D eigenvalue weighted by atomic mass is 32.1. The summed E-state index contributed by atoms with van der Waals surface area (Å²) in [6.45, 7) is 4.10. The fraction of sp³-hybridized carbons (Fsp3) is 0.167. The minimum atomic E-state index is 0.615. The van der Waals surface area contributed by atoms with E-state index in [4.69, 9.17) is 0 Å². The Labute approximate surface area is 108 Å². The lowest BCUT2D eigenvalue weighted by Crippen LogP contribution is -1.97. The van der Waals surface area contributed by atoms with Gasteiger partial charge in [-0.15, -0.1) is 10.2 Å². The molecule has 3 heterocycles. The van der Waals surface area contributed by atoms with Gasteiger partial charge in [-0.2, -0.15) is 0 Å². The normalized spacial score (nSPS) is 10.8. The third-order valence-electron chi connectivity index (χ3n) is 2.63. The van der Waals surface area contributed by atoms with Gasteiger partial charge in [0.2, 0.25) is 5.13 Å². The molecule has 6 heteroatoms. The highest BCUT2D eigenvalue weighted by Crippen LogP contribution is 2.24. The van der Waals surface area contributed by atoms with Crippen molar-refractivity contribution in [3.05, 3.63) is 42.0 Å². The second-order valence-electron chi connectivity index (χ2n) is 3.91. The molecule has 90 valence electrons. The average Bonchev–Trinajstić information content (AvgIpc) is 2.98. The van der Waals surface area contributed by atoms with Crippen molar-refractivity contribution >= 4 is 11.3 Å². The Bertz CT molecular complexity index is 651. The van der Waals surface area contributed by atoms with E-state index in [2.05, 4.69) is 36.9 Å². The molecule has 0 saturated carbocycles. The number of rotatable bonds is 2. The zero-order chi connectivity index (χ0) is 12.5. The smallest absolute Gasteiger partial charge is 0.217 e. The Hall–Kier alpha value is -2.08. The minimum absolute atomic E-state index is 0.615. The van der Waals surface area contributed by atoms with Crippen LogP contribution in [0.15, 0.2) is 30.6 Å². The molecule has 0 aliphatic rings. The summed E-state index contributed by atoms with van der Waals surface area (Å²) in [6.07, 6.45) is 3.41. The van der Waals surface area contributed by atoms with Gasteiger partial charge >= 0.3 is 0 Å². The van der Waals surface area contributed by atoms with Crippen molar-refractivity contribution in [1.29, 1.82) is 0 Å². The monoisotopic (exact) mass is 257 g/mol. The number of nitrogens with zero attached hydrogens (tertiary/aromatic N) is 5. The standard InChI is InChI=1S/C12H11N5S/c1-8-4-5-9(2)17(8)12-16-15-11(18-12)10-13-6-3-7-14-10/h3-7H,1-2H3. The first-order valence-corrected chi connectivity index (χ1v) is 6.33. The van der Waals surface area contributed by atoms with Crippen molar-refractivity contribution in [3.8, 4) is 16.0 Å². The third kappa shape index (κ3) is 1.80. The number of hydrogen-bond acceptors (Lipinski definition) is 5. The molecule has 0 amide bonds.